The van der Waals surface area contributed by atoms with Crippen molar-refractivity contribution < 1.29 is 5.11 Å². The summed E-state index contributed by atoms with van der Waals surface area (Å²) in [5.74, 6) is 1.54. The lowest BCUT2D eigenvalue weighted by molar-refractivity contribution is 0.475. The van der Waals surface area contributed by atoms with Crippen LogP contribution in [0.25, 0.3) is 0 Å². The van der Waals surface area contributed by atoms with Gasteiger partial charge in [-0.2, -0.15) is 0 Å². The Labute approximate surface area is 107 Å². The maximum Gasteiger partial charge on any atom is 0.115 e. The Morgan fingerprint density at radius 3 is 1.88 bits per heavy atom. The van der Waals surface area contributed by atoms with Crippen LogP contribution in [0.5, 0.6) is 5.75 Å². The molecule has 0 aliphatic carbocycles. The molecule has 0 aliphatic rings. The monoisotopic (exact) mass is 245 g/mol. The van der Waals surface area contributed by atoms with Crippen LogP contribution in [0.4, 0.5) is 0 Å². The second-order valence-electron chi connectivity index (χ2n) is 3.89. The van der Waals surface area contributed by atoms with Crippen molar-refractivity contribution in [1.82, 2.24) is 0 Å². The second kappa shape index (κ2) is 5.24. The summed E-state index contributed by atoms with van der Waals surface area (Å²) < 4.78 is 0. The molecule has 2 aromatic rings. The molecular formula is C15H14ClO. The van der Waals surface area contributed by atoms with Crippen molar-refractivity contribution in [3.63, 3.8) is 0 Å². The number of aromatic hydroxyl groups is 1. The zero-order valence-electron chi connectivity index (χ0n) is 9.65. The van der Waals surface area contributed by atoms with Gasteiger partial charge in [-0.25, -0.2) is 0 Å². The number of hydrogen-bond donors (Lipinski definition) is 1. The molecule has 0 unspecified atom stereocenters. The van der Waals surface area contributed by atoms with Gasteiger partial charge in [-0.15, -0.1) is 0 Å². The van der Waals surface area contributed by atoms with Gasteiger partial charge in [0.1, 0.15) is 5.75 Å². The van der Waals surface area contributed by atoms with Crippen LogP contribution in [-0.4, -0.2) is 5.11 Å². The van der Waals surface area contributed by atoms with E-state index in [0.29, 0.717) is 5.75 Å². The average Bonchev–Trinajstić information content (AvgIpc) is 2.35. The highest BCUT2D eigenvalue weighted by Crippen LogP contribution is 2.28. The lowest BCUT2D eigenvalue weighted by Crippen LogP contribution is -2.00. The molecule has 0 heterocycles. The third-order valence-electron chi connectivity index (χ3n) is 2.76. The highest BCUT2D eigenvalue weighted by molar-refractivity contribution is 6.30. The molecule has 0 spiro atoms. The van der Waals surface area contributed by atoms with Crippen molar-refractivity contribution >= 4 is 11.6 Å². The van der Waals surface area contributed by atoms with Crippen molar-refractivity contribution in [2.45, 2.75) is 13.3 Å². The second-order valence-corrected chi connectivity index (χ2v) is 4.32. The number of benzene rings is 2. The van der Waals surface area contributed by atoms with E-state index in [-0.39, 0.29) is 0 Å². The third-order valence-corrected chi connectivity index (χ3v) is 3.01. The smallest absolute Gasteiger partial charge is 0.115 e. The van der Waals surface area contributed by atoms with Crippen LogP contribution < -0.4 is 0 Å². The maximum atomic E-state index is 9.29. The third kappa shape index (κ3) is 2.80. The van der Waals surface area contributed by atoms with E-state index in [4.69, 9.17) is 11.6 Å². The molecule has 1 nitrogen and oxygen atoms in total. The minimum Gasteiger partial charge on any atom is -0.508 e. The fourth-order valence-electron chi connectivity index (χ4n) is 1.89. The zero-order chi connectivity index (χ0) is 12.3. The summed E-state index contributed by atoms with van der Waals surface area (Å²) in [6, 6.07) is 15.1. The average molecular weight is 246 g/mol. The first kappa shape index (κ1) is 12.0. The normalized spacial score (nSPS) is 10.8. The summed E-state index contributed by atoms with van der Waals surface area (Å²) in [5, 5.41) is 10.0. The molecular weight excluding hydrogens is 232 g/mol. The van der Waals surface area contributed by atoms with Gasteiger partial charge in [0, 0.05) is 10.9 Å². The highest BCUT2D eigenvalue weighted by Gasteiger charge is 2.12. The summed E-state index contributed by atoms with van der Waals surface area (Å²) in [5.41, 5.74) is 2.30. The molecule has 0 fully saturated rings. The molecule has 0 amide bonds. The van der Waals surface area contributed by atoms with E-state index in [1.54, 1.807) is 12.1 Å². The molecule has 87 valence electrons. The van der Waals surface area contributed by atoms with E-state index in [1.807, 2.05) is 36.4 Å². The zero-order valence-corrected chi connectivity index (χ0v) is 10.4. The molecule has 2 aromatic carbocycles. The number of halogens is 1. The summed E-state index contributed by atoms with van der Waals surface area (Å²) in [4.78, 5) is 0. The minimum atomic E-state index is 0.292. The standard InChI is InChI=1S/C15H14ClO/c1-2-15(11-3-7-13(16)8-4-11)12-5-9-14(17)10-6-12/h3-10,17H,2H2,1H3. The predicted octanol–water partition coefficient (Wildman–Crippen LogP) is 4.43. The molecule has 0 aromatic heterocycles. The maximum absolute atomic E-state index is 9.29. The van der Waals surface area contributed by atoms with Crippen LogP contribution in [0.1, 0.15) is 24.5 Å². The topological polar surface area (TPSA) is 20.2 Å². The first-order chi connectivity index (χ1) is 8.20. The fourth-order valence-corrected chi connectivity index (χ4v) is 2.01. The Balaban J connectivity index is 2.33. The Kier molecular flexibility index (Phi) is 3.70. The highest BCUT2D eigenvalue weighted by atomic mass is 35.5. The van der Waals surface area contributed by atoms with Crippen molar-refractivity contribution in [1.29, 1.82) is 0 Å². The molecule has 17 heavy (non-hydrogen) atoms. The van der Waals surface area contributed by atoms with Crippen LogP contribution in [0.2, 0.25) is 5.02 Å². The van der Waals surface area contributed by atoms with Crippen LogP contribution in [0, 0.1) is 5.92 Å². The minimum absolute atomic E-state index is 0.292. The molecule has 0 aliphatic heterocycles. The molecule has 1 radical (unpaired) electrons. The van der Waals surface area contributed by atoms with E-state index in [1.165, 1.54) is 11.5 Å². The quantitative estimate of drug-likeness (QED) is 0.848. The molecule has 0 atom stereocenters. The Bertz CT molecular complexity index is 428. The molecule has 1 N–H and O–H groups in total. The van der Waals surface area contributed by atoms with Crippen LogP contribution in [0.15, 0.2) is 48.5 Å². The van der Waals surface area contributed by atoms with Crippen LogP contribution >= 0.6 is 11.6 Å². The summed E-state index contributed by atoms with van der Waals surface area (Å²) in [6.45, 7) is 2.12. The van der Waals surface area contributed by atoms with E-state index in [2.05, 4.69) is 6.92 Å². The summed E-state index contributed by atoms with van der Waals surface area (Å²) >= 11 is 5.88. The molecule has 0 bridgehead atoms. The van der Waals surface area contributed by atoms with Gasteiger partial charge < -0.3 is 5.11 Å². The largest absolute Gasteiger partial charge is 0.508 e. The fraction of sp³-hybridized carbons (Fsp3) is 0.133. The van der Waals surface area contributed by atoms with E-state index in [9.17, 15) is 5.11 Å². The Morgan fingerprint density at radius 1 is 0.941 bits per heavy atom. The predicted molar refractivity (Wildman–Crippen MR) is 71.3 cm³/mol. The van der Waals surface area contributed by atoms with Crippen molar-refractivity contribution in [3.8, 4) is 5.75 Å². The van der Waals surface area contributed by atoms with Gasteiger partial charge in [0.2, 0.25) is 0 Å². The van der Waals surface area contributed by atoms with Crippen LogP contribution in [0.3, 0.4) is 0 Å². The van der Waals surface area contributed by atoms with Crippen LogP contribution in [-0.2, 0) is 0 Å². The van der Waals surface area contributed by atoms with Gasteiger partial charge in [0.15, 0.2) is 0 Å². The first-order valence-corrected chi connectivity index (χ1v) is 5.99. The summed E-state index contributed by atoms with van der Waals surface area (Å²) in [7, 11) is 0. The van der Waals surface area contributed by atoms with E-state index in [0.717, 1.165) is 17.0 Å². The molecule has 0 saturated heterocycles. The molecule has 2 rings (SSSR count). The van der Waals surface area contributed by atoms with Gasteiger partial charge in [-0.1, -0.05) is 42.8 Å². The van der Waals surface area contributed by atoms with Gasteiger partial charge in [0.05, 0.1) is 0 Å². The molecule has 2 heteroatoms. The van der Waals surface area contributed by atoms with E-state index < -0.39 is 0 Å². The van der Waals surface area contributed by atoms with Gasteiger partial charge >= 0.3 is 0 Å². The SMILES string of the molecule is CC[C](c1ccc(O)cc1)c1ccc(Cl)cc1. The number of rotatable bonds is 3. The Hall–Kier alpha value is -1.47. The molecule has 0 saturated carbocycles. The van der Waals surface area contributed by atoms with Gasteiger partial charge in [0.25, 0.3) is 0 Å². The number of hydrogen-bond acceptors (Lipinski definition) is 1. The van der Waals surface area contributed by atoms with E-state index >= 15 is 0 Å². The van der Waals surface area contributed by atoms with Crippen molar-refractivity contribution in [2.75, 3.05) is 0 Å². The number of phenolic OH excluding ortho intramolecular Hbond substituents is 1. The Morgan fingerprint density at radius 2 is 1.41 bits per heavy atom. The lowest BCUT2D eigenvalue weighted by atomic mass is 9.89. The first-order valence-electron chi connectivity index (χ1n) is 5.62. The van der Waals surface area contributed by atoms with Crippen molar-refractivity contribution in [3.05, 3.63) is 70.6 Å². The van der Waals surface area contributed by atoms with Crippen molar-refractivity contribution in [2.24, 2.45) is 0 Å². The van der Waals surface area contributed by atoms with Gasteiger partial charge in [-0.05, 0) is 41.8 Å². The lowest BCUT2D eigenvalue weighted by Gasteiger charge is -2.15. The summed E-state index contributed by atoms with van der Waals surface area (Å²) in [6.07, 6.45) is 0.937. The number of phenols is 1. The van der Waals surface area contributed by atoms with Gasteiger partial charge in [-0.3, -0.25) is 0 Å².